The van der Waals surface area contributed by atoms with Crippen molar-refractivity contribution in [2.24, 2.45) is 12.5 Å². The van der Waals surface area contributed by atoms with Gasteiger partial charge in [-0.3, -0.25) is 9.48 Å². The molecule has 1 heterocycles. The molecule has 6 heteroatoms. The minimum absolute atomic E-state index is 0.0812. The van der Waals surface area contributed by atoms with E-state index in [9.17, 15) is 9.90 Å². The molecular formula is C13H18BrN3O2. The molecule has 1 aromatic heterocycles. The number of hydrogen-bond donors (Lipinski definition) is 2. The number of carbonyl (C=O) groups is 1. The van der Waals surface area contributed by atoms with Crippen molar-refractivity contribution in [3.63, 3.8) is 0 Å². The molecular weight excluding hydrogens is 310 g/mol. The molecule has 2 aliphatic carbocycles. The molecule has 1 amide bonds. The zero-order valence-electron chi connectivity index (χ0n) is 10.9. The Hall–Kier alpha value is -0.880. The van der Waals surface area contributed by atoms with Crippen LogP contribution in [0.1, 0.15) is 42.6 Å². The number of hydrogen-bond acceptors (Lipinski definition) is 3. The van der Waals surface area contributed by atoms with Crippen LogP contribution in [0.4, 0.5) is 0 Å². The molecule has 2 N–H and O–H groups in total. The van der Waals surface area contributed by atoms with Crippen LogP contribution in [0.2, 0.25) is 0 Å². The van der Waals surface area contributed by atoms with Crippen LogP contribution in [0.5, 0.6) is 0 Å². The van der Waals surface area contributed by atoms with Crippen LogP contribution >= 0.6 is 15.9 Å². The maximum Gasteiger partial charge on any atom is 0.272 e. The molecule has 0 aromatic carbocycles. The Balaban J connectivity index is 1.64. The summed E-state index contributed by atoms with van der Waals surface area (Å²) < 4.78 is 2.30. The van der Waals surface area contributed by atoms with Crippen molar-refractivity contribution in [3.05, 3.63) is 16.4 Å². The molecule has 2 fully saturated rings. The number of halogens is 1. The Bertz CT molecular complexity index is 518. The van der Waals surface area contributed by atoms with Gasteiger partial charge in [0, 0.05) is 25.2 Å². The first-order valence-electron chi connectivity index (χ1n) is 6.66. The molecule has 2 saturated carbocycles. The average Bonchev–Trinajstić information content (AvgIpc) is 3.04. The van der Waals surface area contributed by atoms with E-state index in [-0.39, 0.29) is 11.3 Å². The molecule has 0 bridgehead atoms. The molecule has 3 rings (SSSR count). The highest BCUT2D eigenvalue weighted by atomic mass is 79.9. The number of nitrogens with one attached hydrogen (secondary N) is 1. The number of amides is 1. The van der Waals surface area contributed by atoms with Gasteiger partial charge in [0.1, 0.15) is 0 Å². The molecule has 0 atom stereocenters. The third-order valence-electron chi connectivity index (χ3n) is 4.61. The predicted molar refractivity (Wildman–Crippen MR) is 73.7 cm³/mol. The summed E-state index contributed by atoms with van der Waals surface area (Å²) in [6.07, 6.45) is 6.60. The Morgan fingerprint density at radius 1 is 1.53 bits per heavy atom. The van der Waals surface area contributed by atoms with Gasteiger partial charge in [-0.25, -0.2) is 0 Å². The molecule has 19 heavy (non-hydrogen) atoms. The summed E-state index contributed by atoms with van der Waals surface area (Å²) >= 11 is 3.32. The van der Waals surface area contributed by atoms with Crippen LogP contribution in [-0.2, 0) is 7.05 Å². The highest BCUT2D eigenvalue weighted by Gasteiger charge is 2.60. The molecule has 0 spiro atoms. The third-order valence-corrected chi connectivity index (χ3v) is 5.19. The highest BCUT2D eigenvalue weighted by molar-refractivity contribution is 9.10. The summed E-state index contributed by atoms with van der Waals surface area (Å²) in [5.74, 6) is -0.179. The topological polar surface area (TPSA) is 67.2 Å². The average molecular weight is 328 g/mol. The number of rotatable bonds is 4. The predicted octanol–water partition coefficient (Wildman–Crippen LogP) is 1.61. The lowest BCUT2D eigenvalue weighted by Crippen LogP contribution is -2.50. The summed E-state index contributed by atoms with van der Waals surface area (Å²) in [5.41, 5.74) is -0.219. The zero-order valence-corrected chi connectivity index (χ0v) is 12.5. The summed E-state index contributed by atoms with van der Waals surface area (Å²) in [7, 11) is 1.78. The van der Waals surface area contributed by atoms with Crippen LogP contribution in [0.15, 0.2) is 10.7 Å². The number of carbonyl (C=O) groups excluding carboxylic acids is 1. The van der Waals surface area contributed by atoms with E-state index in [1.807, 2.05) is 0 Å². The van der Waals surface area contributed by atoms with E-state index >= 15 is 0 Å². The van der Waals surface area contributed by atoms with Gasteiger partial charge in [0.25, 0.3) is 5.91 Å². The van der Waals surface area contributed by atoms with Gasteiger partial charge in [0.05, 0.1) is 10.1 Å². The molecule has 1 aromatic rings. The van der Waals surface area contributed by atoms with Gasteiger partial charge in [-0.15, -0.1) is 0 Å². The van der Waals surface area contributed by atoms with E-state index in [0.717, 1.165) is 32.1 Å². The van der Waals surface area contributed by atoms with E-state index in [0.29, 0.717) is 16.7 Å². The standard InChI is InChI=1S/C13H18BrN3O2/c1-17-7-9(14)10(16-17)11(18)15-8-12(5-6-12)13(19)3-2-4-13/h7,19H,2-6,8H2,1H3,(H,15,18). The Morgan fingerprint density at radius 2 is 2.21 bits per heavy atom. The van der Waals surface area contributed by atoms with E-state index in [2.05, 4.69) is 26.3 Å². The first kappa shape index (κ1) is 13.1. The molecule has 2 aliphatic rings. The lowest BCUT2D eigenvalue weighted by Gasteiger charge is -2.44. The maximum absolute atomic E-state index is 12.1. The number of aryl methyl sites for hydroxylation is 1. The molecule has 0 unspecified atom stereocenters. The monoisotopic (exact) mass is 327 g/mol. The highest BCUT2D eigenvalue weighted by Crippen LogP contribution is 2.60. The van der Waals surface area contributed by atoms with E-state index < -0.39 is 5.60 Å². The zero-order chi connectivity index (χ0) is 13.7. The van der Waals surface area contributed by atoms with Crippen molar-refractivity contribution >= 4 is 21.8 Å². The normalized spacial score (nSPS) is 22.7. The first-order chi connectivity index (χ1) is 8.96. The second kappa shape index (κ2) is 4.31. The van der Waals surface area contributed by atoms with Crippen molar-refractivity contribution in [1.29, 1.82) is 0 Å². The van der Waals surface area contributed by atoms with Gasteiger partial charge in [-0.1, -0.05) is 0 Å². The van der Waals surface area contributed by atoms with Crippen molar-refractivity contribution in [2.75, 3.05) is 6.54 Å². The lowest BCUT2D eigenvalue weighted by molar-refractivity contribution is -0.0948. The number of aliphatic hydroxyl groups is 1. The lowest BCUT2D eigenvalue weighted by atomic mass is 9.69. The van der Waals surface area contributed by atoms with Gasteiger partial charge in [-0.05, 0) is 48.0 Å². The van der Waals surface area contributed by atoms with Crippen molar-refractivity contribution < 1.29 is 9.90 Å². The Labute approximate surface area is 120 Å². The van der Waals surface area contributed by atoms with Gasteiger partial charge < -0.3 is 10.4 Å². The largest absolute Gasteiger partial charge is 0.389 e. The molecule has 0 aliphatic heterocycles. The number of aromatic nitrogens is 2. The quantitative estimate of drug-likeness (QED) is 0.882. The van der Waals surface area contributed by atoms with Gasteiger partial charge in [0.2, 0.25) is 0 Å². The minimum atomic E-state index is -0.540. The summed E-state index contributed by atoms with van der Waals surface area (Å²) in [4.78, 5) is 12.1. The summed E-state index contributed by atoms with van der Waals surface area (Å²) in [5, 5.41) is 17.5. The molecule has 0 radical (unpaired) electrons. The summed E-state index contributed by atoms with van der Waals surface area (Å²) in [6.45, 7) is 0.547. The van der Waals surface area contributed by atoms with Crippen LogP contribution < -0.4 is 5.32 Å². The van der Waals surface area contributed by atoms with Gasteiger partial charge >= 0.3 is 0 Å². The van der Waals surface area contributed by atoms with E-state index in [1.165, 1.54) is 0 Å². The van der Waals surface area contributed by atoms with Crippen molar-refractivity contribution in [3.8, 4) is 0 Å². The summed E-state index contributed by atoms with van der Waals surface area (Å²) in [6, 6.07) is 0. The maximum atomic E-state index is 12.1. The fourth-order valence-corrected chi connectivity index (χ4v) is 3.50. The van der Waals surface area contributed by atoms with Crippen LogP contribution in [-0.4, -0.2) is 32.9 Å². The van der Waals surface area contributed by atoms with Crippen LogP contribution in [0, 0.1) is 5.41 Å². The molecule has 0 saturated heterocycles. The molecule has 104 valence electrons. The van der Waals surface area contributed by atoms with Gasteiger partial charge in [-0.2, -0.15) is 5.10 Å². The smallest absolute Gasteiger partial charge is 0.272 e. The van der Waals surface area contributed by atoms with E-state index in [1.54, 1.807) is 17.9 Å². The minimum Gasteiger partial charge on any atom is -0.389 e. The first-order valence-corrected chi connectivity index (χ1v) is 7.45. The second-order valence-electron chi connectivity index (χ2n) is 5.85. The van der Waals surface area contributed by atoms with Crippen molar-refractivity contribution in [1.82, 2.24) is 15.1 Å². The number of nitrogens with zero attached hydrogens (tertiary/aromatic N) is 2. The second-order valence-corrected chi connectivity index (χ2v) is 6.70. The molecule has 5 nitrogen and oxygen atoms in total. The van der Waals surface area contributed by atoms with Gasteiger partial charge in [0.15, 0.2) is 5.69 Å². The van der Waals surface area contributed by atoms with E-state index in [4.69, 9.17) is 0 Å². The Kier molecular flexibility index (Phi) is 2.98. The Morgan fingerprint density at radius 3 is 2.63 bits per heavy atom. The van der Waals surface area contributed by atoms with Crippen molar-refractivity contribution in [2.45, 2.75) is 37.7 Å². The van der Waals surface area contributed by atoms with Crippen LogP contribution in [0.25, 0.3) is 0 Å². The fourth-order valence-electron chi connectivity index (χ4n) is 2.95. The fraction of sp³-hybridized carbons (Fsp3) is 0.692. The van der Waals surface area contributed by atoms with Crippen LogP contribution in [0.3, 0.4) is 0 Å². The third kappa shape index (κ3) is 2.10. The SMILES string of the molecule is Cn1cc(Br)c(C(=O)NCC2(C3(O)CCC3)CC2)n1.